The summed E-state index contributed by atoms with van der Waals surface area (Å²) >= 11 is 0. The molecule has 3 heterocycles. The van der Waals surface area contributed by atoms with Crippen LogP contribution in [0.3, 0.4) is 0 Å². The number of halogens is 1. The molecule has 0 saturated carbocycles. The van der Waals surface area contributed by atoms with Gasteiger partial charge in [-0.05, 0) is 49.7 Å². The molecule has 0 unspecified atom stereocenters. The Hall–Kier alpha value is -3.44. The second-order valence-corrected chi connectivity index (χ2v) is 9.91. The number of hydrogen-bond donors (Lipinski definition) is 0. The molecular formula is C22H22FN7O2S. The Kier molecular flexibility index (Phi) is 5.29. The lowest BCUT2D eigenvalue weighted by molar-refractivity contribution is 0.384. The molecule has 2 aromatic carbocycles. The zero-order valence-corrected chi connectivity index (χ0v) is 19.0. The van der Waals surface area contributed by atoms with Crippen LogP contribution in [-0.4, -0.2) is 63.9 Å². The third-order valence-corrected chi connectivity index (χ3v) is 7.83. The zero-order chi connectivity index (χ0) is 23.2. The van der Waals surface area contributed by atoms with E-state index in [-0.39, 0.29) is 5.82 Å². The van der Waals surface area contributed by atoms with Crippen LogP contribution in [0.1, 0.15) is 11.1 Å². The Bertz CT molecular complexity index is 1430. The SMILES string of the molecule is Cc1ccc(S(=O)(=O)N2CCN(c3ncnc4c3nnn4-c3ccc(F)cc3)CC2)c(C)c1. The van der Waals surface area contributed by atoms with Crippen molar-refractivity contribution in [1.82, 2.24) is 29.3 Å². The van der Waals surface area contributed by atoms with Crippen molar-refractivity contribution in [3.63, 3.8) is 0 Å². The van der Waals surface area contributed by atoms with Gasteiger partial charge < -0.3 is 4.90 Å². The fraction of sp³-hybridized carbons (Fsp3) is 0.273. The summed E-state index contributed by atoms with van der Waals surface area (Å²) in [5.41, 5.74) is 3.41. The number of anilines is 1. The lowest BCUT2D eigenvalue weighted by atomic mass is 10.2. The predicted octanol–water partition coefficient (Wildman–Crippen LogP) is 2.48. The summed E-state index contributed by atoms with van der Waals surface area (Å²) in [6.07, 6.45) is 1.43. The normalized spacial score (nSPS) is 15.3. The molecule has 0 amide bonds. The monoisotopic (exact) mass is 467 g/mol. The maximum atomic E-state index is 13.3. The highest BCUT2D eigenvalue weighted by atomic mass is 32.2. The summed E-state index contributed by atoms with van der Waals surface area (Å²) in [5, 5.41) is 8.42. The van der Waals surface area contributed by atoms with Crippen LogP contribution in [0.5, 0.6) is 0 Å². The molecule has 5 rings (SSSR count). The van der Waals surface area contributed by atoms with E-state index in [1.165, 1.54) is 27.4 Å². The van der Waals surface area contributed by atoms with Crippen molar-refractivity contribution in [1.29, 1.82) is 0 Å². The van der Waals surface area contributed by atoms with Crippen LogP contribution in [0.15, 0.2) is 53.7 Å². The maximum Gasteiger partial charge on any atom is 0.243 e. The molecule has 0 spiro atoms. The van der Waals surface area contributed by atoms with Gasteiger partial charge in [0.15, 0.2) is 17.0 Å². The highest BCUT2D eigenvalue weighted by molar-refractivity contribution is 7.89. The fourth-order valence-corrected chi connectivity index (χ4v) is 5.72. The number of hydrogen-bond acceptors (Lipinski definition) is 7. The lowest BCUT2D eigenvalue weighted by Gasteiger charge is -2.34. The van der Waals surface area contributed by atoms with Crippen molar-refractivity contribution in [3.05, 3.63) is 65.7 Å². The number of aromatic nitrogens is 5. The molecule has 4 aromatic rings. The minimum atomic E-state index is -3.58. The molecule has 1 aliphatic heterocycles. The first-order valence-electron chi connectivity index (χ1n) is 10.5. The van der Waals surface area contributed by atoms with Crippen LogP contribution in [0.25, 0.3) is 16.9 Å². The third kappa shape index (κ3) is 3.83. The molecule has 0 atom stereocenters. The smallest absolute Gasteiger partial charge is 0.243 e. The number of fused-ring (bicyclic) bond motifs is 1. The van der Waals surface area contributed by atoms with Crippen LogP contribution in [0, 0.1) is 19.7 Å². The van der Waals surface area contributed by atoms with Crippen molar-refractivity contribution in [2.24, 2.45) is 0 Å². The summed E-state index contributed by atoms with van der Waals surface area (Å²) in [6, 6.07) is 11.3. The summed E-state index contributed by atoms with van der Waals surface area (Å²) in [5.74, 6) is 0.254. The molecule has 1 saturated heterocycles. The van der Waals surface area contributed by atoms with E-state index >= 15 is 0 Å². The first kappa shape index (κ1) is 21.4. The van der Waals surface area contributed by atoms with E-state index in [9.17, 15) is 12.8 Å². The number of piperazine rings is 1. The molecular weight excluding hydrogens is 445 g/mol. The van der Waals surface area contributed by atoms with Gasteiger partial charge in [0.25, 0.3) is 0 Å². The van der Waals surface area contributed by atoms with Crippen molar-refractivity contribution >= 4 is 27.0 Å². The second kappa shape index (κ2) is 8.16. The number of nitrogens with zero attached hydrogens (tertiary/aromatic N) is 7. The van der Waals surface area contributed by atoms with Gasteiger partial charge in [-0.15, -0.1) is 5.10 Å². The predicted molar refractivity (Wildman–Crippen MR) is 121 cm³/mol. The highest BCUT2D eigenvalue weighted by Crippen LogP contribution is 2.26. The van der Waals surface area contributed by atoms with Crippen LogP contribution < -0.4 is 4.90 Å². The first-order valence-corrected chi connectivity index (χ1v) is 11.9. The van der Waals surface area contributed by atoms with Gasteiger partial charge >= 0.3 is 0 Å². The second-order valence-electron chi connectivity index (χ2n) is 8.01. The molecule has 0 bridgehead atoms. The van der Waals surface area contributed by atoms with E-state index in [4.69, 9.17) is 0 Å². The van der Waals surface area contributed by atoms with Crippen molar-refractivity contribution < 1.29 is 12.8 Å². The summed E-state index contributed by atoms with van der Waals surface area (Å²) < 4.78 is 42.7. The minimum absolute atomic E-state index is 0.327. The van der Waals surface area contributed by atoms with Gasteiger partial charge in [-0.1, -0.05) is 22.9 Å². The Morgan fingerprint density at radius 2 is 1.67 bits per heavy atom. The molecule has 2 aromatic heterocycles. The van der Waals surface area contributed by atoms with Gasteiger partial charge in [0.1, 0.15) is 12.1 Å². The standard InChI is InChI=1S/C22H22FN7O2S/c1-15-3-8-19(16(2)13-15)33(31,32)29-11-9-28(10-12-29)21-20-22(25-14-24-21)30(27-26-20)18-6-4-17(23)5-7-18/h3-8,13-14H,9-12H2,1-2H3. The van der Waals surface area contributed by atoms with Crippen molar-refractivity contribution in [2.75, 3.05) is 31.1 Å². The molecule has 9 nitrogen and oxygen atoms in total. The molecule has 33 heavy (non-hydrogen) atoms. The van der Waals surface area contributed by atoms with Gasteiger partial charge in [-0.3, -0.25) is 0 Å². The van der Waals surface area contributed by atoms with E-state index in [0.717, 1.165) is 11.1 Å². The molecule has 0 aliphatic carbocycles. The Labute approximate surface area is 190 Å². The summed E-state index contributed by atoms with van der Waals surface area (Å²) in [6.45, 7) is 5.33. The maximum absolute atomic E-state index is 13.3. The topological polar surface area (TPSA) is 97.1 Å². The number of aryl methyl sites for hydroxylation is 2. The molecule has 11 heteroatoms. The molecule has 1 aliphatic rings. The minimum Gasteiger partial charge on any atom is -0.352 e. The number of benzene rings is 2. The van der Waals surface area contributed by atoms with E-state index in [1.54, 1.807) is 18.2 Å². The molecule has 170 valence electrons. The van der Waals surface area contributed by atoms with E-state index < -0.39 is 10.0 Å². The average Bonchev–Trinajstić information content (AvgIpc) is 3.24. The van der Waals surface area contributed by atoms with Crippen LogP contribution >= 0.6 is 0 Å². The van der Waals surface area contributed by atoms with Gasteiger partial charge in [0.2, 0.25) is 10.0 Å². The van der Waals surface area contributed by atoms with Crippen LogP contribution in [0.2, 0.25) is 0 Å². The quantitative estimate of drug-likeness (QED) is 0.455. The Morgan fingerprint density at radius 1 is 0.939 bits per heavy atom. The summed E-state index contributed by atoms with van der Waals surface area (Å²) in [4.78, 5) is 11.0. The first-order chi connectivity index (χ1) is 15.8. The highest BCUT2D eigenvalue weighted by Gasteiger charge is 2.31. The third-order valence-electron chi connectivity index (χ3n) is 5.78. The largest absolute Gasteiger partial charge is 0.352 e. The van der Waals surface area contributed by atoms with Gasteiger partial charge in [-0.25, -0.2) is 22.8 Å². The van der Waals surface area contributed by atoms with Crippen LogP contribution in [0.4, 0.5) is 10.2 Å². The Morgan fingerprint density at radius 3 is 2.36 bits per heavy atom. The zero-order valence-electron chi connectivity index (χ0n) is 18.2. The van der Waals surface area contributed by atoms with E-state index in [1.807, 2.05) is 30.9 Å². The van der Waals surface area contributed by atoms with E-state index in [2.05, 4.69) is 20.3 Å². The van der Waals surface area contributed by atoms with Crippen LogP contribution in [-0.2, 0) is 10.0 Å². The summed E-state index contributed by atoms with van der Waals surface area (Å²) in [7, 11) is -3.58. The van der Waals surface area contributed by atoms with Crippen molar-refractivity contribution in [3.8, 4) is 5.69 Å². The molecule has 1 fully saturated rings. The molecule has 0 N–H and O–H groups in total. The lowest BCUT2D eigenvalue weighted by Crippen LogP contribution is -2.49. The Balaban J connectivity index is 1.39. The molecule has 0 radical (unpaired) electrons. The van der Waals surface area contributed by atoms with Gasteiger partial charge in [0, 0.05) is 26.2 Å². The van der Waals surface area contributed by atoms with Crippen molar-refractivity contribution in [2.45, 2.75) is 18.7 Å². The average molecular weight is 468 g/mol. The fourth-order valence-electron chi connectivity index (χ4n) is 4.09. The number of sulfonamides is 1. The van der Waals surface area contributed by atoms with Gasteiger partial charge in [0.05, 0.1) is 10.6 Å². The van der Waals surface area contributed by atoms with E-state index in [0.29, 0.717) is 53.7 Å². The number of rotatable bonds is 4. The van der Waals surface area contributed by atoms with Gasteiger partial charge in [-0.2, -0.15) is 8.99 Å².